The van der Waals surface area contributed by atoms with Crippen LogP contribution in [0.4, 0.5) is 8.78 Å². The average Bonchev–Trinajstić information content (AvgIpc) is 2.33. The normalized spacial score (nSPS) is 11.8. The highest BCUT2D eigenvalue weighted by Gasteiger charge is 2.27. The molecule has 0 radical (unpaired) electrons. The minimum absolute atomic E-state index is 0.516. The molecular formula is C13H20F2O2Si. The molecule has 0 aliphatic heterocycles. The monoisotopic (exact) mass is 274 g/mol. The number of unbranched alkanes of at least 4 members (excludes halogenated alkanes) is 1. The van der Waals surface area contributed by atoms with Crippen molar-refractivity contribution in [1.82, 2.24) is 0 Å². The van der Waals surface area contributed by atoms with Crippen molar-refractivity contribution in [1.29, 1.82) is 0 Å². The zero-order valence-corrected chi connectivity index (χ0v) is 12.1. The minimum Gasteiger partial charge on any atom is -0.398 e. The molecule has 1 rings (SSSR count). The van der Waals surface area contributed by atoms with Crippen molar-refractivity contribution in [2.75, 3.05) is 14.2 Å². The Labute approximate surface area is 108 Å². The first-order chi connectivity index (χ1) is 8.49. The fourth-order valence-electron chi connectivity index (χ4n) is 1.82. The van der Waals surface area contributed by atoms with Gasteiger partial charge in [-0.3, -0.25) is 0 Å². The van der Waals surface area contributed by atoms with Gasteiger partial charge in [0.2, 0.25) is 0 Å². The molecule has 0 bridgehead atoms. The van der Waals surface area contributed by atoms with Crippen LogP contribution in [0.15, 0.2) is 18.2 Å². The SMILES string of the molecule is CO[Si](C)(CCCCc1cc(F)cc(F)c1)OC. The van der Waals surface area contributed by atoms with Crippen molar-refractivity contribution in [2.45, 2.75) is 31.9 Å². The molecule has 1 aromatic carbocycles. The van der Waals surface area contributed by atoms with Crippen LogP contribution in [0.1, 0.15) is 18.4 Å². The summed E-state index contributed by atoms with van der Waals surface area (Å²) in [7, 11) is 1.32. The first kappa shape index (κ1) is 15.3. The molecule has 0 saturated carbocycles. The first-order valence-corrected chi connectivity index (χ1v) is 8.57. The summed E-state index contributed by atoms with van der Waals surface area (Å²) in [6.45, 7) is 2.01. The van der Waals surface area contributed by atoms with Gasteiger partial charge in [-0.2, -0.15) is 0 Å². The maximum atomic E-state index is 13.0. The fourth-order valence-corrected chi connectivity index (χ4v) is 3.29. The lowest BCUT2D eigenvalue weighted by atomic mass is 10.1. The lowest BCUT2D eigenvalue weighted by Gasteiger charge is -2.22. The van der Waals surface area contributed by atoms with Crippen molar-refractivity contribution in [3.8, 4) is 0 Å². The van der Waals surface area contributed by atoms with Crippen molar-refractivity contribution in [2.24, 2.45) is 0 Å². The summed E-state index contributed by atoms with van der Waals surface area (Å²) in [5, 5.41) is 0. The Kier molecular flexibility index (Phi) is 5.91. The molecule has 0 unspecified atom stereocenters. The second kappa shape index (κ2) is 6.97. The quantitative estimate of drug-likeness (QED) is 0.558. The van der Waals surface area contributed by atoms with E-state index in [0.29, 0.717) is 12.0 Å². The molecule has 0 heterocycles. The number of hydrogen-bond acceptors (Lipinski definition) is 2. The van der Waals surface area contributed by atoms with Gasteiger partial charge in [-0.25, -0.2) is 8.78 Å². The van der Waals surface area contributed by atoms with Crippen LogP contribution in [0.2, 0.25) is 12.6 Å². The predicted octanol–water partition coefficient (Wildman–Crippen LogP) is 3.65. The van der Waals surface area contributed by atoms with E-state index in [2.05, 4.69) is 0 Å². The van der Waals surface area contributed by atoms with E-state index in [0.717, 1.165) is 25.0 Å². The number of halogens is 2. The van der Waals surface area contributed by atoms with Crippen molar-refractivity contribution in [3.63, 3.8) is 0 Å². The van der Waals surface area contributed by atoms with Gasteiger partial charge in [0, 0.05) is 20.3 Å². The van der Waals surface area contributed by atoms with Gasteiger partial charge in [0.05, 0.1) is 0 Å². The zero-order chi connectivity index (χ0) is 13.6. The lowest BCUT2D eigenvalue weighted by molar-refractivity contribution is 0.248. The third-order valence-corrected chi connectivity index (χ3v) is 6.12. The third kappa shape index (κ3) is 4.84. The molecule has 1 aromatic rings. The number of aryl methyl sites for hydroxylation is 1. The standard InChI is InChI=1S/C13H20F2O2Si/c1-16-18(3,17-2)7-5-4-6-11-8-12(14)10-13(15)9-11/h8-10H,4-7H2,1-3H3. The van der Waals surface area contributed by atoms with Gasteiger partial charge in [0.25, 0.3) is 0 Å². The van der Waals surface area contributed by atoms with E-state index in [-0.39, 0.29) is 0 Å². The van der Waals surface area contributed by atoms with Gasteiger partial charge < -0.3 is 8.85 Å². The molecule has 0 fully saturated rings. The van der Waals surface area contributed by atoms with E-state index in [4.69, 9.17) is 8.85 Å². The molecule has 0 atom stereocenters. The van der Waals surface area contributed by atoms with Crippen molar-refractivity contribution >= 4 is 8.56 Å². The topological polar surface area (TPSA) is 18.5 Å². The largest absolute Gasteiger partial charge is 0.398 e. The van der Waals surface area contributed by atoms with Crippen LogP contribution in [0, 0.1) is 11.6 Å². The fraction of sp³-hybridized carbons (Fsp3) is 0.538. The molecule has 0 amide bonds. The minimum atomic E-state index is -2.01. The smallest absolute Gasteiger partial charge is 0.334 e. The van der Waals surface area contributed by atoms with Crippen LogP contribution in [0.25, 0.3) is 0 Å². The summed E-state index contributed by atoms with van der Waals surface area (Å²) in [5.41, 5.74) is 0.700. The first-order valence-electron chi connectivity index (χ1n) is 6.04. The van der Waals surface area contributed by atoms with E-state index in [1.807, 2.05) is 6.55 Å². The highest BCUT2D eigenvalue weighted by atomic mass is 28.4. The summed E-state index contributed by atoms with van der Waals surface area (Å²) < 4.78 is 36.7. The van der Waals surface area contributed by atoms with E-state index < -0.39 is 20.2 Å². The van der Waals surface area contributed by atoms with Gasteiger partial charge in [-0.15, -0.1) is 0 Å². The van der Waals surface area contributed by atoms with E-state index in [1.54, 1.807) is 14.2 Å². The second-order valence-electron chi connectivity index (χ2n) is 4.53. The molecule has 0 aromatic heterocycles. The number of rotatable bonds is 7. The Morgan fingerprint density at radius 1 is 1.00 bits per heavy atom. The third-order valence-electron chi connectivity index (χ3n) is 3.13. The van der Waals surface area contributed by atoms with Gasteiger partial charge in [0.15, 0.2) is 0 Å². The number of hydrogen-bond donors (Lipinski definition) is 0. The molecular weight excluding hydrogens is 254 g/mol. The van der Waals surface area contributed by atoms with Crippen LogP contribution in [-0.2, 0) is 15.3 Å². The molecule has 0 aliphatic rings. The molecule has 18 heavy (non-hydrogen) atoms. The Balaban J connectivity index is 2.38. The van der Waals surface area contributed by atoms with Crippen LogP contribution in [-0.4, -0.2) is 22.8 Å². The predicted molar refractivity (Wildman–Crippen MR) is 69.7 cm³/mol. The number of benzene rings is 1. The summed E-state index contributed by atoms with van der Waals surface area (Å²) in [6, 6.07) is 4.54. The van der Waals surface area contributed by atoms with Crippen LogP contribution in [0.3, 0.4) is 0 Å². The molecule has 0 N–H and O–H groups in total. The lowest BCUT2D eigenvalue weighted by Crippen LogP contribution is -2.35. The van der Waals surface area contributed by atoms with Crippen molar-refractivity contribution < 1.29 is 17.6 Å². The Morgan fingerprint density at radius 3 is 2.06 bits per heavy atom. The Morgan fingerprint density at radius 2 is 1.56 bits per heavy atom. The van der Waals surface area contributed by atoms with Crippen LogP contribution < -0.4 is 0 Å². The molecule has 0 spiro atoms. The van der Waals surface area contributed by atoms with Crippen LogP contribution in [0.5, 0.6) is 0 Å². The van der Waals surface area contributed by atoms with E-state index >= 15 is 0 Å². The van der Waals surface area contributed by atoms with Gasteiger partial charge in [0.1, 0.15) is 11.6 Å². The van der Waals surface area contributed by atoms with Gasteiger partial charge >= 0.3 is 8.56 Å². The molecule has 5 heteroatoms. The summed E-state index contributed by atoms with van der Waals surface area (Å²) in [4.78, 5) is 0. The zero-order valence-electron chi connectivity index (χ0n) is 11.1. The van der Waals surface area contributed by atoms with Crippen LogP contribution >= 0.6 is 0 Å². The molecule has 0 saturated heterocycles. The highest BCUT2D eigenvalue weighted by molar-refractivity contribution is 6.65. The molecule has 0 aliphatic carbocycles. The maximum Gasteiger partial charge on any atom is 0.334 e. The molecule has 102 valence electrons. The second-order valence-corrected chi connectivity index (χ2v) is 8.11. The van der Waals surface area contributed by atoms with E-state index in [9.17, 15) is 8.78 Å². The highest BCUT2D eigenvalue weighted by Crippen LogP contribution is 2.17. The Bertz CT molecular complexity index is 361. The average molecular weight is 274 g/mol. The maximum absolute atomic E-state index is 13.0. The van der Waals surface area contributed by atoms with Gasteiger partial charge in [-0.1, -0.05) is 6.42 Å². The van der Waals surface area contributed by atoms with Gasteiger partial charge in [-0.05, 0) is 43.1 Å². The molecule has 2 nitrogen and oxygen atoms in total. The Hall–Kier alpha value is -0.783. The summed E-state index contributed by atoms with van der Waals surface area (Å²) in [5.74, 6) is -1.03. The summed E-state index contributed by atoms with van der Waals surface area (Å²) >= 11 is 0. The van der Waals surface area contributed by atoms with Crippen molar-refractivity contribution in [3.05, 3.63) is 35.4 Å². The summed E-state index contributed by atoms with van der Waals surface area (Å²) in [6.07, 6.45) is 2.48. The van der Waals surface area contributed by atoms with E-state index in [1.165, 1.54) is 12.1 Å².